The Kier molecular flexibility index (Phi) is 6.56. The van der Waals surface area contributed by atoms with Crippen LogP contribution in [0.15, 0.2) is 48.5 Å². The van der Waals surface area contributed by atoms with Crippen molar-refractivity contribution < 1.29 is 4.74 Å². The number of para-hydroxylation sites is 2. The van der Waals surface area contributed by atoms with Crippen LogP contribution in [0.2, 0.25) is 5.02 Å². The van der Waals surface area contributed by atoms with Crippen molar-refractivity contribution in [2.24, 2.45) is 0 Å². The second-order valence-electron chi connectivity index (χ2n) is 5.49. The molecule has 4 heteroatoms. The van der Waals surface area contributed by atoms with Crippen molar-refractivity contribution in [2.45, 2.75) is 12.8 Å². The summed E-state index contributed by atoms with van der Waals surface area (Å²) in [4.78, 5) is 2.20. The summed E-state index contributed by atoms with van der Waals surface area (Å²) in [5.74, 6) is 1.56. The summed E-state index contributed by atoms with van der Waals surface area (Å²) in [6.07, 6.45) is 2.31. The number of hydrogen-bond donors (Lipinski definition) is 1. The molecule has 0 aliphatic heterocycles. The van der Waals surface area contributed by atoms with Gasteiger partial charge in [0.15, 0.2) is 5.75 Å². The van der Waals surface area contributed by atoms with E-state index in [1.807, 2.05) is 48.5 Å². The summed E-state index contributed by atoms with van der Waals surface area (Å²) in [6.45, 7) is 2.05. The minimum absolute atomic E-state index is 0.673. The van der Waals surface area contributed by atoms with E-state index in [4.69, 9.17) is 16.3 Å². The Labute approximate surface area is 137 Å². The zero-order valence-electron chi connectivity index (χ0n) is 13.2. The standard InChI is InChI=1S/C18H23ClN2O/c1-21(2)13-6-5-12-20-17-10-3-4-11-18(17)22-16-9-7-8-15(19)14-16/h3-4,7-11,14,20H,5-6,12-13H2,1-2H3. The normalized spacial score (nSPS) is 10.7. The summed E-state index contributed by atoms with van der Waals surface area (Å²) in [7, 11) is 4.20. The molecule has 0 radical (unpaired) electrons. The zero-order valence-corrected chi connectivity index (χ0v) is 13.9. The Morgan fingerprint density at radius 1 is 1.05 bits per heavy atom. The van der Waals surface area contributed by atoms with E-state index in [0.29, 0.717) is 5.02 Å². The summed E-state index contributed by atoms with van der Waals surface area (Å²) in [6, 6.07) is 15.4. The lowest BCUT2D eigenvalue weighted by Crippen LogP contribution is -2.14. The van der Waals surface area contributed by atoms with Crippen LogP contribution in [0.5, 0.6) is 11.5 Å². The molecule has 0 saturated heterocycles. The van der Waals surface area contributed by atoms with E-state index in [0.717, 1.165) is 36.7 Å². The number of unbranched alkanes of at least 4 members (excludes halogenated alkanes) is 1. The van der Waals surface area contributed by atoms with Crippen molar-refractivity contribution >= 4 is 17.3 Å². The van der Waals surface area contributed by atoms with Crippen molar-refractivity contribution in [3.05, 3.63) is 53.6 Å². The molecule has 0 unspecified atom stereocenters. The molecular weight excluding hydrogens is 296 g/mol. The molecule has 2 rings (SSSR count). The van der Waals surface area contributed by atoms with E-state index in [2.05, 4.69) is 24.3 Å². The van der Waals surface area contributed by atoms with E-state index in [1.54, 1.807) is 0 Å². The molecule has 0 fully saturated rings. The molecule has 0 atom stereocenters. The smallest absolute Gasteiger partial charge is 0.150 e. The second-order valence-corrected chi connectivity index (χ2v) is 5.93. The molecule has 0 spiro atoms. The molecule has 0 aromatic heterocycles. The lowest BCUT2D eigenvalue weighted by atomic mass is 10.2. The maximum Gasteiger partial charge on any atom is 0.150 e. The van der Waals surface area contributed by atoms with Gasteiger partial charge in [-0.25, -0.2) is 0 Å². The molecule has 0 aliphatic carbocycles. The Hall–Kier alpha value is -1.71. The lowest BCUT2D eigenvalue weighted by molar-refractivity contribution is 0.396. The molecule has 2 aromatic rings. The predicted octanol–water partition coefficient (Wildman–Crippen LogP) is 4.89. The van der Waals surface area contributed by atoms with Crippen LogP contribution in [-0.2, 0) is 0 Å². The third-order valence-corrected chi connectivity index (χ3v) is 3.49. The van der Waals surface area contributed by atoms with E-state index in [-0.39, 0.29) is 0 Å². The molecule has 0 heterocycles. The molecule has 0 saturated carbocycles. The monoisotopic (exact) mass is 318 g/mol. The number of benzene rings is 2. The van der Waals surface area contributed by atoms with E-state index < -0.39 is 0 Å². The van der Waals surface area contributed by atoms with Gasteiger partial charge in [0.2, 0.25) is 0 Å². The maximum atomic E-state index is 6.00. The van der Waals surface area contributed by atoms with Gasteiger partial charge in [-0.15, -0.1) is 0 Å². The van der Waals surface area contributed by atoms with Crippen LogP contribution in [0.25, 0.3) is 0 Å². The third kappa shape index (κ3) is 5.58. The molecule has 2 aromatic carbocycles. The minimum atomic E-state index is 0.673. The fraction of sp³-hybridized carbons (Fsp3) is 0.333. The number of ether oxygens (including phenoxy) is 1. The van der Waals surface area contributed by atoms with Gasteiger partial charge in [-0.3, -0.25) is 0 Å². The van der Waals surface area contributed by atoms with Crippen molar-refractivity contribution in [3.8, 4) is 11.5 Å². The first-order chi connectivity index (χ1) is 10.6. The van der Waals surface area contributed by atoms with Crippen molar-refractivity contribution in [3.63, 3.8) is 0 Å². The van der Waals surface area contributed by atoms with Gasteiger partial charge in [-0.1, -0.05) is 29.8 Å². The van der Waals surface area contributed by atoms with Gasteiger partial charge in [0.25, 0.3) is 0 Å². The maximum absolute atomic E-state index is 6.00. The van der Waals surface area contributed by atoms with Crippen molar-refractivity contribution in [2.75, 3.05) is 32.5 Å². The summed E-state index contributed by atoms with van der Waals surface area (Å²) >= 11 is 6.00. The number of anilines is 1. The highest BCUT2D eigenvalue weighted by Crippen LogP contribution is 2.30. The topological polar surface area (TPSA) is 24.5 Å². The van der Waals surface area contributed by atoms with Crippen LogP contribution >= 0.6 is 11.6 Å². The first kappa shape index (κ1) is 16.7. The van der Waals surface area contributed by atoms with Gasteiger partial charge in [0, 0.05) is 11.6 Å². The van der Waals surface area contributed by atoms with Crippen LogP contribution in [0.4, 0.5) is 5.69 Å². The van der Waals surface area contributed by atoms with Crippen LogP contribution in [0.1, 0.15) is 12.8 Å². The highest BCUT2D eigenvalue weighted by molar-refractivity contribution is 6.30. The number of hydrogen-bond acceptors (Lipinski definition) is 3. The Bertz CT molecular complexity index is 587. The number of rotatable bonds is 8. The van der Waals surface area contributed by atoms with Crippen LogP contribution in [0, 0.1) is 0 Å². The van der Waals surface area contributed by atoms with Gasteiger partial charge in [-0.05, 0) is 63.8 Å². The van der Waals surface area contributed by atoms with E-state index in [1.165, 1.54) is 6.42 Å². The largest absolute Gasteiger partial charge is 0.455 e. The SMILES string of the molecule is CN(C)CCCCNc1ccccc1Oc1cccc(Cl)c1. The van der Waals surface area contributed by atoms with Gasteiger partial charge in [0.05, 0.1) is 5.69 Å². The zero-order chi connectivity index (χ0) is 15.8. The van der Waals surface area contributed by atoms with Crippen molar-refractivity contribution in [1.82, 2.24) is 4.90 Å². The molecule has 0 bridgehead atoms. The Balaban J connectivity index is 1.92. The predicted molar refractivity (Wildman–Crippen MR) is 94.2 cm³/mol. The third-order valence-electron chi connectivity index (χ3n) is 3.26. The average molecular weight is 319 g/mol. The molecule has 0 amide bonds. The van der Waals surface area contributed by atoms with Gasteiger partial charge in [0.1, 0.15) is 5.75 Å². The van der Waals surface area contributed by atoms with Crippen molar-refractivity contribution in [1.29, 1.82) is 0 Å². The quantitative estimate of drug-likeness (QED) is 0.702. The van der Waals surface area contributed by atoms with E-state index >= 15 is 0 Å². The minimum Gasteiger partial charge on any atom is -0.455 e. The highest BCUT2D eigenvalue weighted by Gasteiger charge is 2.04. The fourth-order valence-corrected chi connectivity index (χ4v) is 2.32. The lowest BCUT2D eigenvalue weighted by Gasteiger charge is -2.14. The van der Waals surface area contributed by atoms with E-state index in [9.17, 15) is 0 Å². The number of nitrogens with one attached hydrogen (secondary N) is 1. The molecule has 22 heavy (non-hydrogen) atoms. The van der Waals surface area contributed by atoms with Crippen LogP contribution in [0.3, 0.4) is 0 Å². The Morgan fingerprint density at radius 3 is 2.64 bits per heavy atom. The molecule has 0 aliphatic rings. The van der Waals surface area contributed by atoms with Crippen LogP contribution < -0.4 is 10.1 Å². The number of halogens is 1. The highest BCUT2D eigenvalue weighted by atomic mass is 35.5. The average Bonchev–Trinajstić information content (AvgIpc) is 2.48. The fourth-order valence-electron chi connectivity index (χ4n) is 2.14. The van der Waals surface area contributed by atoms with Gasteiger partial charge in [-0.2, -0.15) is 0 Å². The number of nitrogens with zero attached hydrogens (tertiary/aromatic N) is 1. The van der Waals surface area contributed by atoms with Gasteiger partial charge < -0.3 is 15.0 Å². The summed E-state index contributed by atoms with van der Waals surface area (Å²) in [5.41, 5.74) is 1.01. The first-order valence-electron chi connectivity index (χ1n) is 7.56. The van der Waals surface area contributed by atoms with Gasteiger partial charge >= 0.3 is 0 Å². The Morgan fingerprint density at radius 2 is 1.86 bits per heavy atom. The second kappa shape index (κ2) is 8.66. The first-order valence-corrected chi connectivity index (χ1v) is 7.94. The molecule has 118 valence electrons. The summed E-state index contributed by atoms with van der Waals surface area (Å²) in [5, 5.41) is 4.12. The molecule has 1 N–H and O–H groups in total. The summed E-state index contributed by atoms with van der Waals surface area (Å²) < 4.78 is 5.93. The van der Waals surface area contributed by atoms with Crippen LogP contribution in [-0.4, -0.2) is 32.1 Å². The molecule has 3 nitrogen and oxygen atoms in total. The molecular formula is C18H23ClN2O.